The van der Waals surface area contributed by atoms with E-state index in [1.54, 1.807) is 0 Å². The second-order valence-corrected chi connectivity index (χ2v) is 9.35. The largest absolute Gasteiger partial charge is 0.332 e. The molecule has 2 amide bonds. The number of carbonyl (C=O) groups excluding carboxylic acids is 1. The molecule has 0 bridgehead atoms. The average molecular weight is 392 g/mol. The number of benzene rings is 1. The van der Waals surface area contributed by atoms with Crippen LogP contribution in [0.1, 0.15) is 42.0 Å². The van der Waals surface area contributed by atoms with Crippen LogP contribution in [0.3, 0.4) is 0 Å². The number of hydrogen-bond acceptors (Lipinski definition) is 4. The van der Waals surface area contributed by atoms with Gasteiger partial charge in [0, 0.05) is 12.2 Å². The Hall–Kier alpha value is -1.86. The number of nitrogens with one attached hydrogen (secondary N) is 2. The summed E-state index contributed by atoms with van der Waals surface area (Å²) in [5, 5.41) is 2.85. The Morgan fingerprint density at radius 2 is 1.74 bits per heavy atom. The normalized spacial score (nSPS) is 15.5. The SMILES string of the molecule is C=C(CN(C)CC)CS(=O)(=O)NC(=O)Nc1c2c(cc3c1CCC3)CCC2. The van der Waals surface area contributed by atoms with Crippen LogP contribution < -0.4 is 10.0 Å². The summed E-state index contributed by atoms with van der Waals surface area (Å²) in [5.74, 6) is -0.254. The van der Waals surface area contributed by atoms with Gasteiger partial charge >= 0.3 is 6.03 Å². The van der Waals surface area contributed by atoms with Gasteiger partial charge in [0.25, 0.3) is 0 Å². The van der Waals surface area contributed by atoms with E-state index in [4.69, 9.17) is 0 Å². The van der Waals surface area contributed by atoms with Crippen LogP contribution in [-0.2, 0) is 35.7 Å². The van der Waals surface area contributed by atoms with E-state index >= 15 is 0 Å². The van der Waals surface area contributed by atoms with Crippen LogP contribution in [0.15, 0.2) is 18.2 Å². The third kappa shape index (κ3) is 4.71. The minimum absolute atomic E-state index is 0.254. The molecular weight excluding hydrogens is 362 g/mol. The molecule has 27 heavy (non-hydrogen) atoms. The Kier molecular flexibility index (Phi) is 5.91. The third-order valence-electron chi connectivity index (χ3n) is 5.39. The number of aryl methyl sites for hydroxylation is 2. The predicted molar refractivity (Wildman–Crippen MR) is 109 cm³/mol. The lowest BCUT2D eigenvalue weighted by Gasteiger charge is -2.18. The van der Waals surface area contributed by atoms with Crippen molar-refractivity contribution in [3.05, 3.63) is 40.5 Å². The van der Waals surface area contributed by atoms with E-state index in [0.29, 0.717) is 12.1 Å². The first-order valence-corrected chi connectivity index (χ1v) is 11.3. The number of rotatable bonds is 7. The molecule has 0 aliphatic heterocycles. The Labute approximate surface area is 162 Å². The number of sulfonamides is 1. The average Bonchev–Trinajstić information content (AvgIpc) is 3.21. The highest BCUT2D eigenvalue weighted by Gasteiger charge is 2.26. The summed E-state index contributed by atoms with van der Waals surface area (Å²) in [7, 11) is -1.87. The molecule has 0 fully saturated rings. The van der Waals surface area contributed by atoms with Gasteiger partial charge in [-0.1, -0.05) is 19.6 Å². The van der Waals surface area contributed by atoms with E-state index in [9.17, 15) is 13.2 Å². The molecule has 0 saturated heterocycles. The maximum absolute atomic E-state index is 12.4. The van der Waals surface area contributed by atoms with Crippen molar-refractivity contribution >= 4 is 21.7 Å². The molecule has 0 unspecified atom stereocenters. The highest BCUT2D eigenvalue weighted by Crippen LogP contribution is 2.38. The van der Waals surface area contributed by atoms with Gasteiger partial charge in [-0.3, -0.25) is 0 Å². The molecule has 2 aliphatic carbocycles. The van der Waals surface area contributed by atoms with Gasteiger partial charge in [0.05, 0.1) is 5.75 Å². The molecule has 6 nitrogen and oxygen atoms in total. The van der Waals surface area contributed by atoms with Crippen LogP contribution in [0, 0.1) is 0 Å². The molecule has 0 saturated carbocycles. The van der Waals surface area contributed by atoms with Crippen LogP contribution in [0.4, 0.5) is 10.5 Å². The quantitative estimate of drug-likeness (QED) is 0.701. The van der Waals surface area contributed by atoms with Crippen molar-refractivity contribution in [1.82, 2.24) is 9.62 Å². The third-order valence-corrected chi connectivity index (χ3v) is 6.67. The van der Waals surface area contributed by atoms with Gasteiger partial charge < -0.3 is 10.2 Å². The molecule has 2 N–H and O–H groups in total. The summed E-state index contributed by atoms with van der Waals surface area (Å²) in [6.45, 7) is 7.10. The Morgan fingerprint density at radius 3 is 2.30 bits per heavy atom. The Balaban J connectivity index is 1.69. The highest BCUT2D eigenvalue weighted by atomic mass is 32.2. The van der Waals surface area contributed by atoms with E-state index < -0.39 is 16.1 Å². The zero-order valence-corrected chi connectivity index (χ0v) is 17.0. The van der Waals surface area contributed by atoms with Crippen molar-refractivity contribution in [1.29, 1.82) is 0 Å². The summed E-state index contributed by atoms with van der Waals surface area (Å²) in [5.41, 5.74) is 6.35. The topological polar surface area (TPSA) is 78.5 Å². The van der Waals surface area contributed by atoms with Crippen molar-refractivity contribution in [3.63, 3.8) is 0 Å². The van der Waals surface area contributed by atoms with Gasteiger partial charge in [0.2, 0.25) is 10.0 Å². The van der Waals surface area contributed by atoms with Crippen LogP contribution in [-0.4, -0.2) is 45.2 Å². The lowest BCUT2D eigenvalue weighted by atomic mass is 9.99. The fraction of sp³-hybridized carbons (Fsp3) is 0.550. The molecule has 0 spiro atoms. The number of likely N-dealkylation sites (N-methyl/N-ethyl adjacent to an activating group) is 1. The molecule has 1 aromatic rings. The predicted octanol–water partition coefficient (Wildman–Crippen LogP) is 2.62. The van der Waals surface area contributed by atoms with Crippen molar-refractivity contribution in [2.24, 2.45) is 0 Å². The number of anilines is 1. The molecular formula is C20H29N3O3S. The fourth-order valence-corrected chi connectivity index (χ4v) is 5.13. The van der Waals surface area contributed by atoms with Gasteiger partial charge in [-0.25, -0.2) is 17.9 Å². The van der Waals surface area contributed by atoms with E-state index in [2.05, 4.69) is 22.7 Å². The highest BCUT2D eigenvalue weighted by molar-refractivity contribution is 7.90. The van der Waals surface area contributed by atoms with E-state index in [1.807, 2.05) is 18.9 Å². The molecule has 0 atom stereocenters. The van der Waals surface area contributed by atoms with E-state index in [1.165, 1.54) is 22.3 Å². The Bertz CT molecular complexity index is 829. The fourth-order valence-electron chi connectivity index (χ4n) is 4.09. The van der Waals surface area contributed by atoms with Crippen LogP contribution >= 0.6 is 0 Å². The van der Waals surface area contributed by atoms with Crippen LogP contribution in [0.25, 0.3) is 0 Å². The second kappa shape index (κ2) is 8.02. The molecule has 148 valence electrons. The van der Waals surface area contributed by atoms with Crippen molar-refractivity contribution in [2.45, 2.75) is 45.4 Å². The maximum Gasteiger partial charge on any atom is 0.332 e. The first-order chi connectivity index (χ1) is 12.8. The minimum atomic E-state index is -3.77. The van der Waals surface area contributed by atoms with Crippen molar-refractivity contribution in [2.75, 3.05) is 31.2 Å². The minimum Gasteiger partial charge on any atom is -0.307 e. The van der Waals surface area contributed by atoms with E-state index in [-0.39, 0.29) is 5.75 Å². The summed E-state index contributed by atoms with van der Waals surface area (Å²) in [4.78, 5) is 14.4. The number of nitrogens with zero attached hydrogens (tertiary/aromatic N) is 1. The molecule has 3 rings (SSSR count). The molecule has 2 aliphatic rings. The molecule has 1 aromatic carbocycles. The van der Waals surface area contributed by atoms with Gasteiger partial charge in [-0.2, -0.15) is 0 Å². The monoisotopic (exact) mass is 391 g/mol. The van der Waals surface area contributed by atoms with Gasteiger partial charge in [-0.05, 0) is 79.9 Å². The number of carbonyl (C=O) groups is 1. The van der Waals surface area contributed by atoms with Crippen LogP contribution in [0.5, 0.6) is 0 Å². The van der Waals surface area contributed by atoms with Gasteiger partial charge in [0.15, 0.2) is 0 Å². The molecule has 0 aromatic heterocycles. The van der Waals surface area contributed by atoms with Crippen LogP contribution in [0.2, 0.25) is 0 Å². The standard InChI is InChI=1S/C20H29N3O3S/c1-4-23(3)12-14(2)13-27(25,26)22-20(24)21-19-17-9-5-7-15(17)11-16-8-6-10-18(16)19/h11H,2,4-10,12-13H2,1,3H3,(H2,21,22,24). The van der Waals surface area contributed by atoms with Crippen molar-refractivity contribution < 1.29 is 13.2 Å². The number of urea groups is 1. The number of fused-ring (bicyclic) bond motifs is 2. The lowest BCUT2D eigenvalue weighted by molar-refractivity contribution is 0.256. The first-order valence-electron chi connectivity index (χ1n) is 9.62. The number of amides is 2. The van der Waals surface area contributed by atoms with E-state index in [0.717, 1.165) is 50.8 Å². The van der Waals surface area contributed by atoms with Crippen molar-refractivity contribution in [3.8, 4) is 0 Å². The maximum atomic E-state index is 12.4. The zero-order valence-electron chi connectivity index (χ0n) is 16.2. The summed E-state index contributed by atoms with van der Waals surface area (Å²) < 4.78 is 26.8. The molecule has 0 radical (unpaired) electrons. The number of hydrogen-bond donors (Lipinski definition) is 2. The first kappa shape index (κ1) is 19.9. The second-order valence-electron chi connectivity index (χ2n) is 7.63. The summed E-state index contributed by atoms with van der Waals surface area (Å²) >= 11 is 0. The Morgan fingerprint density at radius 1 is 1.15 bits per heavy atom. The summed E-state index contributed by atoms with van der Waals surface area (Å²) in [6.07, 6.45) is 6.09. The van der Waals surface area contributed by atoms with Gasteiger partial charge in [0.1, 0.15) is 0 Å². The molecule has 0 heterocycles. The zero-order chi connectivity index (χ0) is 19.6. The van der Waals surface area contributed by atoms with Gasteiger partial charge in [-0.15, -0.1) is 0 Å². The lowest BCUT2D eigenvalue weighted by Crippen LogP contribution is -2.37. The smallest absolute Gasteiger partial charge is 0.307 e. The summed E-state index contributed by atoms with van der Waals surface area (Å²) in [6, 6.07) is 1.60. The molecule has 7 heteroatoms.